The summed E-state index contributed by atoms with van der Waals surface area (Å²) < 4.78 is 0. The lowest BCUT2D eigenvalue weighted by atomic mass is 9.71. The lowest BCUT2D eigenvalue weighted by Gasteiger charge is -2.34. The lowest BCUT2D eigenvalue weighted by molar-refractivity contribution is 0.197. The first-order chi connectivity index (χ1) is 9.95. The number of allylic oxidation sites excluding steroid dienone is 1. The zero-order valence-electron chi connectivity index (χ0n) is 13.9. The summed E-state index contributed by atoms with van der Waals surface area (Å²) in [7, 11) is 0. The molecule has 1 aromatic carbocycles. The predicted molar refractivity (Wildman–Crippen MR) is 97.3 cm³/mol. The topological polar surface area (TPSA) is 0 Å². The minimum atomic E-state index is 0.476. The normalized spacial score (nSPS) is 20.0. The van der Waals surface area contributed by atoms with Crippen molar-refractivity contribution in [1.29, 1.82) is 0 Å². The monoisotopic (exact) mass is 300 g/mol. The van der Waals surface area contributed by atoms with E-state index in [4.69, 9.17) is 0 Å². The molecule has 2 rings (SSSR count). The average molecular weight is 301 g/mol. The molecule has 0 saturated heterocycles. The number of thioether (sulfide) groups is 1. The Morgan fingerprint density at radius 3 is 2.24 bits per heavy atom. The summed E-state index contributed by atoms with van der Waals surface area (Å²) in [5.74, 6) is 0.891. The Balaban J connectivity index is 1.79. The molecule has 1 aliphatic carbocycles. The van der Waals surface area contributed by atoms with Crippen LogP contribution < -0.4 is 0 Å². The number of rotatable bonds is 3. The molecule has 114 valence electrons. The minimum absolute atomic E-state index is 0.476. The molecule has 0 nitrogen and oxygen atoms in total. The van der Waals surface area contributed by atoms with Gasteiger partial charge < -0.3 is 0 Å². The predicted octanol–water partition coefficient (Wildman–Crippen LogP) is 6.82. The van der Waals surface area contributed by atoms with Crippen LogP contribution in [0.5, 0.6) is 0 Å². The summed E-state index contributed by atoms with van der Waals surface area (Å²) >= 11 is 1.82. The Morgan fingerprint density at radius 2 is 1.67 bits per heavy atom. The molecule has 0 heterocycles. The maximum Gasteiger partial charge on any atom is -0.0242 e. The highest BCUT2D eigenvalue weighted by Crippen LogP contribution is 2.40. The van der Waals surface area contributed by atoms with Crippen molar-refractivity contribution in [1.82, 2.24) is 0 Å². The van der Waals surface area contributed by atoms with Crippen molar-refractivity contribution >= 4 is 17.8 Å². The van der Waals surface area contributed by atoms with Gasteiger partial charge in [0.2, 0.25) is 0 Å². The van der Waals surface area contributed by atoms with Crippen LogP contribution in [0.15, 0.2) is 40.7 Å². The summed E-state index contributed by atoms with van der Waals surface area (Å²) in [6, 6.07) is 8.68. The van der Waals surface area contributed by atoms with Gasteiger partial charge >= 0.3 is 0 Å². The van der Waals surface area contributed by atoms with Crippen LogP contribution in [-0.4, -0.2) is 0 Å². The summed E-state index contributed by atoms with van der Waals surface area (Å²) in [4.78, 5) is 0. The van der Waals surface area contributed by atoms with Crippen molar-refractivity contribution < 1.29 is 0 Å². The Labute approximate surface area is 134 Å². The SMILES string of the molecule is Cc1ccc(C=CSC=C2CCC(C(C)(C)C)CC2)cc1. The molecule has 21 heavy (non-hydrogen) atoms. The molecule has 0 spiro atoms. The largest absolute Gasteiger partial charge is 0.106 e. The van der Waals surface area contributed by atoms with E-state index < -0.39 is 0 Å². The molecule has 0 atom stereocenters. The van der Waals surface area contributed by atoms with Gasteiger partial charge in [0.15, 0.2) is 0 Å². The summed E-state index contributed by atoms with van der Waals surface area (Å²) in [6.45, 7) is 9.27. The fraction of sp³-hybridized carbons (Fsp3) is 0.500. The Morgan fingerprint density at radius 1 is 1.05 bits per heavy atom. The van der Waals surface area contributed by atoms with E-state index in [0.29, 0.717) is 5.41 Å². The highest BCUT2D eigenvalue weighted by molar-refractivity contribution is 8.05. The smallest absolute Gasteiger partial charge is 0.0242 e. The van der Waals surface area contributed by atoms with E-state index in [-0.39, 0.29) is 0 Å². The zero-order valence-corrected chi connectivity index (χ0v) is 14.7. The van der Waals surface area contributed by atoms with Gasteiger partial charge in [-0.15, -0.1) is 11.8 Å². The van der Waals surface area contributed by atoms with E-state index in [1.54, 1.807) is 5.57 Å². The van der Waals surface area contributed by atoms with Gasteiger partial charge in [-0.05, 0) is 66.4 Å². The van der Waals surface area contributed by atoms with E-state index in [0.717, 1.165) is 5.92 Å². The van der Waals surface area contributed by atoms with E-state index >= 15 is 0 Å². The zero-order chi connectivity index (χ0) is 15.3. The first kappa shape index (κ1) is 16.4. The third-order valence-electron chi connectivity index (χ3n) is 4.50. The van der Waals surface area contributed by atoms with E-state index in [1.807, 2.05) is 11.8 Å². The highest BCUT2D eigenvalue weighted by Gasteiger charge is 2.27. The van der Waals surface area contributed by atoms with Crippen molar-refractivity contribution in [3.8, 4) is 0 Å². The summed E-state index contributed by atoms with van der Waals surface area (Å²) in [5, 5.41) is 4.57. The van der Waals surface area contributed by atoms with Crippen LogP contribution in [0, 0.1) is 18.3 Å². The molecule has 0 bridgehead atoms. The second-order valence-corrected chi connectivity index (χ2v) is 8.05. The van der Waals surface area contributed by atoms with Gasteiger partial charge in [-0.25, -0.2) is 0 Å². The number of benzene rings is 1. The number of aryl methyl sites for hydroxylation is 1. The molecule has 0 aliphatic heterocycles. The van der Waals surface area contributed by atoms with Crippen molar-refractivity contribution in [3.63, 3.8) is 0 Å². The van der Waals surface area contributed by atoms with Gasteiger partial charge in [0.25, 0.3) is 0 Å². The quantitative estimate of drug-likeness (QED) is 0.590. The third-order valence-corrected chi connectivity index (χ3v) is 5.27. The molecule has 1 heteroatoms. The van der Waals surface area contributed by atoms with Crippen LogP contribution in [0.2, 0.25) is 0 Å². The second kappa shape index (κ2) is 7.35. The molecule has 1 aromatic rings. The molecule has 0 radical (unpaired) electrons. The van der Waals surface area contributed by atoms with Crippen LogP contribution >= 0.6 is 11.8 Å². The first-order valence-corrected chi connectivity index (χ1v) is 8.96. The third kappa shape index (κ3) is 5.39. The van der Waals surface area contributed by atoms with Crippen molar-refractivity contribution in [3.05, 3.63) is 51.8 Å². The molecule has 1 aliphatic rings. The van der Waals surface area contributed by atoms with Crippen LogP contribution in [-0.2, 0) is 0 Å². The molecule has 1 fully saturated rings. The van der Waals surface area contributed by atoms with Crippen LogP contribution in [0.25, 0.3) is 6.08 Å². The standard InChI is InChI=1S/C20H28S/c1-16-5-7-17(8-6-16)13-14-21-15-18-9-11-19(12-10-18)20(2,3)4/h5-8,13-15,19H,9-12H2,1-4H3. The van der Waals surface area contributed by atoms with Gasteiger partial charge in [0, 0.05) is 0 Å². The maximum absolute atomic E-state index is 2.38. The van der Waals surface area contributed by atoms with Gasteiger partial charge in [-0.1, -0.05) is 56.2 Å². The second-order valence-electron chi connectivity index (χ2n) is 7.27. The van der Waals surface area contributed by atoms with E-state index in [1.165, 1.54) is 36.8 Å². The fourth-order valence-electron chi connectivity index (χ4n) is 2.90. The Bertz CT molecular complexity index is 490. The summed E-state index contributed by atoms with van der Waals surface area (Å²) in [5.41, 5.74) is 4.71. The van der Waals surface area contributed by atoms with Crippen molar-refractivity contribution in [2.24, 2.45) is 11.3 Å². The Hall–Kier alpha value is -0.950. The highest BCUT2D eigenvalue weighted by atomic mass is 32.2. The molecule has 0 aromatic heterocycles. The van der Waals surface area contributed by atoms with Crippen molar-refractivity contribution in [2.75, 3.05) is 0 Å². The minimum Gasteiger partial charge on any atom is -0.106 e. The van der Waals surface area contributed by atoms with Gasteiger partial charge in [0.05, 0.1) is 0 Å². The number of hydrogen-bond acceptors (Lipinski definition) is 1. The molecular formula is C20H28S. The van der Waals surface area contributed by atoms with Crippen LogP contribution in [0.4, 0.5) is 0 Å². The molecule has 0 amide bonds. The molecule has 0 N–H and O–H groups in total. The fourth-order valence-corrected chi connectivity index (χ4v) is 3.65. The van der Waals surface area contributed by atoms with E-state index in [9.17, 15) is 0 Å². The van der Waals surface area contributed by atoms with Crippen LogP contribution in [0.3, 0.4) is 0 Å². The maximum atomic E-state index is 2.38. The lowest BCUT2D eigenvalue weighted by Crippen LogP contribution is -2.23. The molecule has 1 saturated carbocycles. The Kier molecular flexibility index (Phi) is 5.75. The van der Waals surface area contributed by atoms with Crippen molar-refractivity contribution in [2.45, 2.75) is 53.4 Å². The first-order valence-electron chi connectivity index (χ1n) is 8.02. The molecular weight excluding hydrogens is 272 g/mol. The summed E-state index contributed by atoms with van der Waals surface area (Å²) in [6.07, 6.45) is 7.48. The van der Waals surface area contributed by atoms with E-state index in [2.05, 4.69) is 68.9 Å². The number of hydrogen-bond donors (Lipinski definition) is 0. The van der Waals surface area contributed by atoms with Gasteiger partial charge in [-0.2, -0.15) is 0 Å². The molecule has 0 unspecified atom stereocenters. The van der Waals surface area contributed by atoms with Gasteiger partial charge in [-0.3, -0.25) is 0 Å². The van der Waals surface area contributed by atoms with Gasteiger partial charge in [0.1, 0.15) is 0 Å². The van der Waals surface area contributed by atoms with Crippen LogP contribution in [0.1, 0.15) is 57.6 Å². The average Bonchev–Trinajstić information content (AvgIpc) is 2.45.